The number of hydrogen-bond acceptors (Lipinski definition) is 4. The molecule has 5 nitrogen and oxygen atoms in total. The highest BCUT2D eigenvalue weighted by molar-refractivity contribution is 6.04. The number of benzene rings is 1. The molecule has 0 fully saturated rings. The standard InChI is InChI=1S/C15H14FN3O2/c1-21-15(18-10-13-4-2-3-9-17-13)19-14(20)11-5-7-12(16)8-6-11/h2-9H,10H2,1H3,(H,18,19,20). The van der Waals surface area contributed by atoms with Crippen LogP contribution in [0.3, 0.4) is 0 Å². The minimum atomic E-state index is -0.420. The summed E-state index contributed by atoms with van der Waals surface area (Å²) < 4.78 is 17.8. The summed E-state index contributed by atoms with van der Waals surface area (Å²) in [6.07, 6.45) is 1.66. The maximum absolute atomic E-state index is 12.8. The fourth-order valence-corrected chi connectivity index (χ4v) is 1.57. The Morgan fingerprint density at radius 3 is 2.67 bits per heavy atom. The lowest BCUT2D eigenvalue weighted by atomic mass is 10.2. The number of nitrogens with zero attached hydrogens (tertiary/aromatic N) is 2. The van der Waals surface area contributed by atoms with Crippen LogP contribution in [-0.4, -0.2) is 24.0 Å². The Labute approximate surface area is 121 Å². The monoisotopic (exact) mass is 287 g/mol. The molecule has 1 N–H and O–H groups in total. The van der Waals surface area contributed by atoms with Gasteiger partial charge in [-0.25, -0.2) is 9.38 Å². The fraction of sp³-hybridized carbons (Fsp3) is 0.133. The summed E-state index contributed by atoms with van der Waals surface area (Å²) >= 11 is 0. The Balaban J connectivity index is 2.01. The van der Waals surface area contributed by atoms with Crippen molar-refractivity contribution in [1.82, 2.24) is 10.3 Å². The van der Waals surface area contributed by atoms with Crippen molar-refractivity contribution in [3.63, 3.8) is 0 Å². The molecular weight excluding hydrogens is 273 g/mol. The number of methoxy groups -OCH3 is 1. The van der Waals surface area contributed by atoms with Crippen molar-refractivity contribution in [2.45, 2.75) is 6.54 Å². The van der Waals surface area contributed by atoms with Crippen molar-refractivity contribution in [1.29, 1.82) is 0 Å². The van der Waals surface area contributed by atoms with Gasteiger partial charge in [0.05, 0.1) is 19.3 Å². The third-order valence-corrected chi connectivity index (χ3v) is 2.63. The second-order valence-electron chi connectivity index (χ2n) is 4.11. The molecule has 0 spiro atoms. The van der Waals surface area contributed by atoms with Gasteiger partial charge < -0.3 is 4.74 Å². The van der Waals surface area contributed by atoms with E-state index in [0.29, 0.717) is 5.56 Å². The minimum absolute atomic E-state index is 0.0787. The molecule has 108 valence electrons. The van der Waals surface area contributed by atoms with Crippen LogP contribution < -0.4 is 5.32 Å². The Bertz CT molecular complexity index is 627. The van der Waals surface area contributed by atoms with Gasteiger partial charge in [0.1, 0.15) is 5.82 Å². The molecule has 1 amide bonds. The van der Waals surface area contributed by atoms with Gasteiger partial charge in [0, 0.05) is 11.8 Å². The second kappa shape index (κ2) is 7.14. The maximum Gasteiger partial charge on any atom is 0.291 e. The summed E-state index contributed by atoms with van der Waals surface area (Å²) in [4.78, 5) is 20.2. The van der Waals surface area contributed by atoms with E-state index in [1.165, 1.54) is 31.4 Å². The molecule has 0 aliphatic rings. The van der Waals surface area contributed by atoms with Crippen LogP contribution in [0.2, 0.25) is 0 Å². The van der Waals surface area contributed by atoms with Crippen LogP contribution in [-0.2, 0) is 11.3 Å². The Morgan fingerprint density at radius 1 is 1.29 bits per heavy atom. The van der Waals surface area contributed by atoms with Crippen LogP contribution in [0.25, 0.3) is 0 Å². The Morgan fingerprint density at radius 2 is 2.05 bits per heavy atom. The first-order chi connectivity index (χ1) is 10.2. The third-order valence-electron chi connectivity index (χ3n) is 2.63. The molecular formula is C15H14FN3O2. The lowest BCUT2D eigenvalue weighted by molar-refractivity contribution is 0.0968. The topological polar surface area (TPSA) is 63.6 Å². The molecule has 0 saturated carbocycles. The first-order valence-corrected chi connectivity index (χ1v) is 6.24. The summed E-state index contributed by atoms with van der Waals surface area (Å²) in [5, 5.41) is 2.51. The zero-order valence-electron chi connectivity index (χ0n) is 11.4. The van der Waals surface area contributed by atoms with Crippen LogP contribution >= 0.6 is 0 Å². The van der Waals surface area contributed by atoms with E-state index < -0.39 is 11.7 Å². The number of hydrogen-bond donors (Lipinski definition) is 1. The molecule has 0 radical (unpaired) electrons. The third kappa shape index (κ3) is 4.38. The van der Waals surface area contributed by atoms with Crippen LogP contribution in [0.4, 0.5) is 4.39 Å². The van der Waals surface area contributed by atoms with Gasteiger partial charge in [-0.05, 0) is 36.4 Å². The highest BCUT2D eigenvalue weighted by Crippen LogP contribution is 2.03. The van der Waals surface area contributed by atoms with Gasteiger partial charge in [0.15, 0.2) is 0 Å². The van der Waals surface area contributed by atoms with Gasteiger partial charge >= 0.3 is 0 Å². The van der Waals surface area contributed by atoms with Gasteiger partial charge in [-0.3, -0.25) is 15.1 Å². The molecule has 21 heavy (non-hydrogen) atoms. The predicted octanol–water partition coefficient (Wildman–Crippen LogP) is 2.15. The number of pyridine rings is 1. The average molecular weight is 287 g/mol. The number of nitrogens with one attached hydrogen (secondary N) is 1. The van der Waals surface area contributed by atoms with Gasteiger partial charge in [-0.2, -0.15) is 0 Å². The van der Waals surface area contributed by atoms with E-state index in [1.807, 2.05) is 12.1 Å². The van der Waals surface area contributed by atoms with Crippen LogP contribution in [0.1, 0.15) is 16.1 Å². The zero-order chi connectivity index (χ0) is 15.1. The first-order valence-electron chi connectivity index (χ1n) is 6.24. The lowest BCUT2D eigenvalue weighted by Gasteiger charge is -2.07. The molecule has 0 unspecified atom stereocenters. The molecule has 1 aromatic carbocycles. The molecule has 1 aromatic heterocycles. The Hall–Kier alpha value is -2.76. The van der Waals surface area contributed by atoms with E-state index in [2.05, 4.69) is 15.3 Å². The highest BCUT2D eigenvalue weighted by atomic mass is 19.1. The number of halogens is 1. The van der Waals surface area contributed by atoms with Crippen molar-refractivity contribution < 1.29 is 13.9 Å². The number of amidine groups is 1. The number of carbonyl (C=O) groups excluding carboxylic acids is 1. The van der Waals surface area contributed by atoms with Crippen molar-refractivity contribution in [2.75, 3.05) is 7.11 Å². The quantitative estimate of drug-likeness (QED) is 0.695. The van der Waals surface area contributed by atoms with Crippen LogP contribution in [0, 0.1) is 5.82 Å². The summed E-state index contributed by atoms with van der Waals surface area (Å²) in [5.74, 6) is -0.820. The number of aromatic nitrogens is 1. The number of carbonyl (C=O) groups is 1. The maximum atomic E-state index is 12.8. The molecule has 2 aromatic rings. The van der Waals surface area contributed by atoms with Gasteiger partial charge in [-0.1, -0.05) is 6.07 Å². The highest BCUT2D eigenvalue weighted by Gasteiger charge is 2.09. The second-order valence-corrected chi connectivity index (χ2v) is 4.11. The molecule has 0 aliphatic heterocycles. The minimum Gasteiger partial charge on any atom is -0.468 e. The lowest BCUT2D eigenvalue weighted by Crippen LogP contribution is -2.31. The number of rotatable bonds is 3. The molecule has 0 aliphatic carbocycles. The SMILES string of the molecule is COC(=NCc1ccccn1)NC(=O)c1ccc(F)cc1. The van der Waals surface area contributed by atoms with E-state index in [4.69, 9.17) is 4.74 Å². The van der Waals surface area contributed by atoms with Gasteiger partial charge in [0.25, 0.3) is 11.9 Å². The van der Waals surface area contributed by atoms with Crippen LogP contribution in [0.15, 0.2) is 53.7 Å². The van der Waals surface area contributed by atoms with Crippen molar-refractivity contribution in [3.05, 3.63) is 65.7 Å². The van der Waals surface area contributed by atoms with Crippen LogP contribution in [0.5, 0.6) is 0 Å². The number of amides is 1. The predicted molar refractivity (Wildman–Crippen MR) is 76.3 cm³/mol. The fourth-order valence-electron chi connectivity index (χ4n) is 1.57. The Kier molecular flexibility index (Phi) is 4.98. The largest absolute Gasteiger partial charge is 0.468 e. The van der Waals surface area contributed by atoms with Crippen molar-refractivity contribution in [2.24, 2.45) is 4.99 Å². The molecule has 0 atom stereocenters. The summed E-state index contributed by atoms with van der Waals surface area (Å²) in [5.41, 5.74) is 1.07. The van der Waals surface area contributed by atoms with Gasteiger partial charge in [0.2, 0.25) is 0 Å². The summed E-state index contributed by atoms with van der Waals surface area (Å²) in [6.45, 7) is 0.285. The summed E-state index contributed by atoms with van der Waals surface area (Å²) in [6, 6.07) is 10.8. The molecule has 1 heterocycles. The van der Waals surface area contributed by atoms with E-state index in [-0.39, 0.29) is 12.6 Å². The molecule has 0 saturated heterocycles. The van der Waals surface area contributed by atoms with E-state index >= 15 is 0 Å². The molecule has 6 heteroatoms. The average Bonchev–Trinajstić information content (AvgIpc) is 2.53. The molecule has 0 bridgehead atoms. The van der Waals surface area contributed by atoms with E-state index in [0.717, 1.165) is 5.69 Å². The number of ether oxygens (including phenoxy) is 1. The van der Waals surface area contributed by atoms with Crippen molar-refractivity contribution in [3.8, 4) is 0 Å². The van der Waals surface area contributed by atoms with E-state index in [1.54, 1.807) is 12.3 Å². The molecule has 2 rings (SSSR count). The van der Waals surface area contributed by atoms with Crippen molar-refractivity contribution >= 4 is 11.9 Å². The first kappa shape index (κ1) is 14.6. The summed E-state index contributed by atoms with van der Waals surface area (Å²) in [7, 11) is 1.40. The normalized spacial score (nSPS) is 11.0. The number of aliphatic imine (C=N–C) groups is 1. The van der Waals surface area contributed by atoms with E-state index in [9.17, 15) is 9.18 Å². The van der Waals surface area contributed by atoms with Gasteiger partial charge in [-0.15, -0.1) is 0 Å². The zero-order valence-corrected chi connectivity index (χ0v) is 11.4. The smallest absolute Gasteiger partial charge is 0.291 e.